The fraction of sp³-hybridized carbons (Fsp3) is 0.750. The number of ketones is 3. The lowest BCUT2D eigenvalue weighted by atomic mass is 9.78. The van der Waals surface area contributed by atoms with Crippen molar-refractivity contribution in [2.45, 2.75) is 186 Å². The second kappa shape index (κ2) is 30.0. The van der Waals surface area contributed by atoms with Crippen molar-refractivity contribution in [3.05, 3.63) is 47.6 Å². The lowest BCUT2D eigenvalue weighted by molar-refractivity contribution is -0.266. The highest BCUT2D eigenvalue weighted by molar-refractivity contribution is 6.39. The monoisotopic (exact) mass is 1030 g/mol. The van der Waals surface area contributed by atoms with Crippen LogP contribution in [-0.4, -0.2) is 158 Å². The smallest absolute Gasteiger partial charge is 0.329 e. The van der Waals surface area contributed by atoms with E-state index in [-0.39, 0.29) is 87.0 Å². The van der Waals surface area contributed by atoms with E-state index in [1.807, 2.05) is 51.2 Å². The Balaban J connectivity index is 1.70. The Hall–Kier alpha value is -3.94. The number of cyclic esters (lactones) is 1. The van der Waals surface area contributed by atoms with Crippen LogP contribution < -0.4 is 0 Å². The molecule has 1 saturated carbocycles. The number of carboxylic acid groups (broad SMARTS) is 1. The minimum absolute atomic E-state index is 0.0101. The van der Waals surface area contributed by atoms with E-state index in [0.29, 0.717) is 70.0 Å². The molecule has 2 saturated heterocycles. The summed E-state index contributed by atoms with van der Waals surface area (Å²) < 4.78 is 41.3. The van der Waals surface area contributed by atoms with Crippen molar-refractivity contribution in [1.82, 2.24) is 4.90 Å². The quantitative estimate of drug-likeness (QED) is 0.0755. The molecule has 2 bridgehead atoms. The summed E-state index contributed by atoms with van der Waals surface area (Å²) in [6.07, 6.45) is 10.8. The van der Waals surface area contributed by atoms with E-state index in [2.05, 4.69) is 0 Å². The Labute approximate surface area is 433 Å². The second-order valence-corrected chi connectivity index (χ2v) is 21.2. The van der Waals surface area contributed by atoms with Gasteiger partial charge in [0.05, 0.1) is 50.7 Å². The van der Waals surface area contributed by atoms with Crippen molar-refractivity contribution < 1.29 is 77.2 Å². The van der Waals surface area contributed by atoms with Gasteiger partial charge in [0.15, 0.2) is 5.78 Å². The van der Waals surface area contributed by atoms with Crippen molar-refractivity contribution in [1.29, 1.82) is 0 Å². The molecule has 4 aliphatic rings. The average Bonchev–Trinajstić information content (AvgIpc) is 3.36. The molecule has 0 aromatic heterocycles. The molecule has 3 aliphatic heterocycles. The number of carbonyl (C=O) groups is 6. The largest absolute Gasteiger partial charge is 0.481 e. The van der Waals surface area contributed by atoms with E-state index >= 15 is 0 Å². The fourth-order valence-electron chi connectivity index (χ4n) is 10.8. The van der Waals surface area contributed by atoms with Gasteiger partial charge in [-0.3, -0.25) is 24.0 Å². The van der Waals surface area contributed by atoms with Crippen molar-refractivity contribution in [3.63, 3.8) is 0 Å². The number of methoxy groups -OCH3 is 3. The zero-order chi connectivity index (χ0) is 54.0. The molecule has 0 aromatic rings. The van der Waals surface area contributed by atoms with Crippen LogP contribution in [0, 0.1) is 35.5 Å². The van der Waals surface area contributed by atoms with E-state index in [1.165, 1.54) is 12.0 Å². The highest BCUT2D eigenvalue weighted by Crippen LogP contribution is 2.38. The number of hydrogen-bond acceptors (Lipinski definition) is 15. The maximum atomic E-state index is 14.6. The van der Waals surface area contributed by atoms with E-state index < -0.39 is 83.7 Å². The summed E-state index contributed by atoms with van der Waals surface area (Å²) in [5.41, 5.74) is 1.22. The Morgan fingerprint density at radius 1 is 0.849 bits per heavy atom. The first-order valence-electron chi connectivity index (χ1n) is 26.5. The van der Waals surface area contributed by atoms with Crippen LogP contribution in [0.25, 0.3) is 0 Å². The first kappa shape index (κ1) is 61.6. The third-order valence-corrected chi connectivity index (χ3v) is 15.4. The molecule has 73 heavy (non-hydrogen) atoms. The highest BCUT2D eigenvalue weighted by atomic mass is 16.6. The molecule has 3 heterocycles. The van der Waals surface area contributed by atoms with Gasteiger partial charge < -0.3 is 53.4 Å². The van der Waals surface area contributed by atoms with Crippen molar-refractivity contribution in [2.24, 2.45) is 35.5 Å². The topological polar surface area (TPSA) is 231 Å². The number of rotatable bonds is 13. The third kappa shape index (κ3) is 17.8. The number of aliphatic hydroxyl groups is 2. The van der Waals surface area contributed by atoms with Gasteiger partial charge in [0.1, 0.15) is 30.1 Å². The molecule has 15 unspecified atom stereocenters. The SMILES string of the molecule is COCCOC1CC2CCC(C)C(O)(O2)C(=O)C(=O)N2CCCCC2C(=O)OC(C(C)CC2CCC(OCCC(=O)O)C(OC)C2)CC(=O)C(C)/C=C(\C)C(O)C(OC)C(=O)C(C)CC(C)/C=C/C=CC=C1C. The zero-order valence-corrected chi connectivity index (χ0v) is 45.2. The van der Waals surface area contributed by atoms with Crippen LogP contribution in [0.5, 0.6) is 0 Å². The van der Waals surface area contributed by atoms with Gasteiger partial charge in [0, 0.05) is 58.5 Å². The highest BCUT2D eigenvalue weighted by Gasteiger charge is 2.53. The molecule has 3 fully saturated rings. The van der Waals surface area contributed by atoms with Crippen LogP contribution in [0.4, 0.5) is 0 Å². The molecule has 0 radical (unpaired) electrons. The number of aliphatic hydroxyl groups excluding tert-OH is 1. The number of ether oxygens (including phenoxy) is 7. The summed E-state index contributed by atoms with van der Waals surface area (Å²) in [5.74, 6) is -9.32. The summed E-state index contributed by atoms with van der Waals surface area (Å²) in [6, 6.07) is -1.18. The van der Waals surface area contributed by atoms with Gasteiger partial charge in [-0.15, -0.1) is 0 Å². The van der Waals surface area contributed by atoms with Gasteiger partial charge in [-0.05, 0) is 107 Å². The summed E-state index contributed by atoms with van der Waals surface area (Å²) in [5, 5.41) is 32.8. The predicted molar refractivity (Wildman–Crippen MR) is 272 cm³/mol. The molecule has 0 spiro atoms. The van der Waals surface area contributed by atoms with Gasteiger partial charge in [-0.2, -0.15) is 0 Å². The second-order valence-electron chi connectivity index (χ2n) is 21.2. The first-order valence-corrected chi connectivity index (χ1v) is 26.5. The number of piperidine rings is 1. The molecule has 17 heteroatoms. The lowest BCUT2D eigenvalue weighted by Gasteiger charge is -2.43. The normalized spacial score (nSPS) is 36.1. The van der Waals surface area contributed by atoms with Crippen molar-refractivity contribution in [3.8, 4) is 0 Å². The molecule has 1 amide bonds. The van der Waals surface area contributed by atoms with Gasteiger partial charge in [-0.1, -0.05) is 71.1 Å². The summed E-state index contributed by atoms with van der Waals surface area (Å²) in [4.78, 5) is 83.8. The van der Waals surface area contributed by atoms with Crippen molar-refractivity contribution in [2.75, 3.05) is 47.7 Å². The van der Waals surface area contributed by atoms with Crippen LogP contribution in [0.3, 0.4) is 0 Å². The Morgan fingerprint density at radius 2 is 1.59 bits per heavy atom. The van der Waals surface area contributed by atoms with Crippen molar-refractivity contribution >= 4 is 35.2 Å². The van der Waals surface area contributed by atoms with E-state index in [4.69, 9.17) is 38.3 Å². The minimum atomic E-state index is -2.48. The summed E-state index contributed by atoms with van der Waals surface area (Å²) in [6.45, 7) is 13.3. The van der Waals surface area contributed by atoms with Gasteiger partial charge >= 0.3 is 11.9 Å². The van der Waals surface area contributed by atoms with Crippen LogP contribution in [-0.2, 0) is 61.9 Å². The van der Waals surface area contributed by atoms with Crippen LogP contribution in [0.1, 0.15) is 132 Å². The number of aliphatic carboxylic acids is 1. The number of nitrogens with zero attached hydrogens (tertiary/aromatic N) is 1. The number of Topliss-reactive ketones (excluding diaryl/α,β-unsaturated/α-hetero) is 3. The van der Waals surface area contributed by atoms with Crippen LogP contribution in [0.15, 0.2) is 47.6 Å². The number of hydrogen-bond donors (Lipinski definition) is 3. The Bertz CT molecular complexity index is 1960. The fourth-order valence-corrected chi connectivity index (χ4v) is 10.8. The number of allylic oxidation sites excluding steroid dienone is 6. The third-order valence-electron chi connectivity index (χ3n) is 15.4. The average molecular weight is 1030 g/mol. The van der Waals surface area contributed by atoms with Gasteiger partial charge in [0.2, 0.25) is 5.79 Å². The molecular weight excluding hydrogens is 943 g/mol. The number of fused-ring (bicyclic) bond motifs is 3. The minimum Gasteiger partial charge on any atom is -0.481 e. The molecule has 17 nitrogen and oxygen atoms in total. The summed E-state index contributed by atoms with van der Waals surface area (Å²) >= 11 is 0. The Morgan fingerprint density at radius 3 is 2.27 bits per heavy atom. The number of amides is 1. The number of carbonyl (C=O) groups excluding carboxylic acids is 5. The molecule has 3 N–H and O–H groups in total. The Kier molecular flexibility index (Phi) is 25.3. The maximum absolute atomic E-state index is 14.6. The van der Waals surface area contributed by atoms with Gasteiger partial charge in [0.25, 0.3) is 11.7 Å². The molecular formula is C56H87NO16. The first-order chi connectivity index (χ1) is 34.6. The predicted octanol–water partition coefficient (Wildman–Crippen LogP) is 6.70. The molecule has 1 aliphatic carbocycles. The van der Waals surface area contributed by atoms with E-state index in [1.54, 1.807) is 48.0 Å². The molecule has 412 valence electrons. The molecule has 0 aromatic carbocycles. The molecule has 4 rings (SSSR count). The standard InChI is InChI=1S/C56H87NO16/c1-34-16-12-11-13-17-35(2)46(71-27-26-67-8)32-42-21-19-40(7)56(66,73-42)53(63)54(64)57-24-15-14-18-43(57)55(65)72-47(37(4)30-41-20-22-45(48(31-41)68-9)70-25-23-49(59)60)33-44(58)36(3)29-39(6)51(62)52(69-10)50(61)38(5)28-34/h11-13,16-17,29,34,36-38,40-43,45-48,51-52,62,66H,14-15,18-28,30-33H2,1-10H3,(H,59,60)/b13-11?,16-12+,35-17?,39-29+. The zero-order valence-electron chi connectivity index (χ0n) is 45.2. The number of carboxylic acids is 1. The molecule has 15 atom stereocenters. The van der Waals surface area contributed by atoms with Crippen LogP contribution in [0.2, 0.25) is 0 Å². The lowest BCUT2D eigenvalue weighted by Crippen LogP contribution is -2.61. The number of esters is 1. The van der Waals surface area contributed by atoms with Crippen LogP contribution >= 0.6 is 0 Å². The summed E-state index contributed by atoms with van der Waals surface area (Å²) in [7, 11) is 4.53. The van der Waals surface area contributed by atoms with E-state index in [9.17, 15) is 39.0 Å². The maximum Gasteiger partial charge on any atom is 0.329 e. The van der Waals surface area contributed by atoms with E-state index in [0.717, 1.165) is 5.57 Å². The van der Waals surface area contributed by atoms with Gasteiger partial charge in [-0.25, -0.2) is 4.79 Å².